The molecule has 1 heterocycles. The van der Waals surface area contributed by atoms with Crippen molar-refractivity contribution in [2.24, 2.45) is 5.92 Å². The largest absolute Gasteiger partial charge is 0.463 e. The first-order valence-corrected chi connectivity index (χ1v) is 10.0. The van der Waals surface area contributed by atoms with Gasteiger partial charge in [-0.15, -0.1) is 0 Å². The molecule has 2 aromatic rings. The van der Waals surface area contributed by atoms with Gasteiger partial charge in [0.1, 0.15) is 0 Å². The van der Waals surface area contributed by atoms with Crippen LogP contribution in [0.1, 0.15) is 42.4 Å². The number of carbonyl (C=O) groups excluding carboxylic acids is 3. The minimum Gasteiger partial charge on any atom is -0.463 e. The summed E-state index contributed by atoms with van der Waals surface area (Å²) in [7, 11) is 0. The topological polar surface area (TPSA) is 72.9 Å². The molecular formula is C24H23NO5. The number of amides is 1. The van der Waals surface area contributed by atoms with Gasteiger partial charge in [-0.3, -0.25) is 9.69 Å². The summed E-state index contributed by atoms with van der Waals surface area (Å²) < 4.78 is 10.9. The molecule has 0 saturated carbocycles. The van der Waals surface area contributed by atoms with E-state index in [1.54, 1.807) is 37.3 Å². The SMILES string of the molecule is CCOC(=O)C1=C[C@H](C)[C@@]2(C1)C(=O)O[C@H](c1ccccc1)N2C(=O)c1ccccc1. The van der Waals surface area contributed by atoms with Crippen LogP contribution in [0, 0.1) is 5.92 Å². The molecule has 1 spiro atoms. The van der Waals surface area contributed by atoms with E-state index in [9.17, 15) is 14.4 Å². The highest BCUT2D eigenvalue weighted by atomic mass is 16.6. The predicted octanol–water partition coefficient (Wildman–Crippen LogP) is 3.65. The average Bonchev–Trinajstić information content (AvgIpc) is 3.27. The Morgan fingerprint density at radius 3 is 2.37 bits per heavy atom. The monoisotopic (exact) mass is 405 g/mol. The molecule has 1 fully saturated rings. The fourth-order valence-electron chi connectivity index (χ4n) is 4.28. The Labute approximate surface area is 175 Å². The quantitative estimate of drug-likeness (QED) is 0.726. The van der Waals surface area contributed by atoms with Crippen molar-refractivity contribution in [3.8, 4) is 0 Å². The molecule has 6 heteroatoms. The molecule has 6 nitrogen and oxygen atoms in total. The number of esters is 2. The zero-order chi connectivity index (χ0) is 21.3. The summed E-state index contributed by atoms with van der Waals surface area (Å²) >= 11 is 0. The summed E-state index contributed by atoms with van der Waals surface area (Å²) in [5.74, 6) is -1.71. The van der Waals surface area contributed by atoms with Crippen LogP contribution in [0.15, 0.2) is 72.3 Å². The Balaban J connectivity index is 1.80. The van der Waals surface area contributed by atoms with Crippen LogP contribution in [0.4, 0.5) is 0 Å². The Kier molecular flexibility index (Phi) is 5.16. The van der Waals surface area contributed by atoms with Gasteiger partial charge in [-0.1, -0.05) is 61.5 Å². The van der Waals surface area contributed by atoms with E-state index < -0.39 is 29.6 Å². The first kappa shape index (κ1) is 19.9. The van der Waals surface area contributed by atoms with Crippen LogP contribution < -0.4 is 0 Å². The summed E-state index contributed by atoms with van der Waals surface area (Å²) in [5.41, 5.74) is 0.243. The van der Waals surface area contributed by atoms with Crippen molar-refractivity contribution in [2.75, 3.05) is 6.61 Å². The van der Waals surface area contributed by atoms with Gasteiger partial charge < -0.3 is 9.47 Å². The van der Waals surface area contributed by atoms with E-state index >= 15 is 0 Å². The molecule has 154 valence electrons. The molecule has 0 bridgehead atoms. The maximum Gasteiger partial charge on any atom is 0.335 e. The molecule has 1 amide bonds. The number of hydrogen-bond acceptors (Lipinski definition) is 5. The van der Waals surface area contributed by atoms with Gasteiger partial charge in [-0.25, -0.2) is 9.59 Å². The van der Waals surface area contributed by atoms with Gasteiger partial charge >= 0.3 is 11.9 Å². The number of ether oxygens (including phenoxy) is 2. The lowest BCUT2D eigenvalue weighted by Crippen LogP contribution is -2.54. The fourth-order valence-corrected chi connectivity index (χ4v) is 4.28. The van der Waals surface area contributed by atoms with Gasteiger partial charge in [0.15, 0.2) is 5.54 Å². The van der Waals surface area contributed by atoms with Gasteiger partial charge in [0.2, 0.25) is 6.23 Å². The number of benzene rings is 2. The lowest BCUT2D eigenvalue weighted by atomic mass is 9.85. The maximum absolute atomic E-state index is 13.6. The van der Waals surface area contributed by atoms with Crippen LogP contribution in [-0.4, -0.2) is 34.9 Å². The van der Waals surface area contributed by atoms with Crippen molar-refractivity contribution in [1.29, 1.82) is 0 Å². The van der Waals surface area contributed by atoms with Crippen LogP contribution in [-0.2, 0) is 19.1 Å². The molecule has 4 rings (SSSR count). The van der Waals surface area contributed by atoms with E-state index in [0.29, 0.717) is 16.7 Å². The molecule has 2 aromatic carbocycles. The Morgan fingerprint density at radius 1 is 1.10 bits per heavy atom. The Hall–Kier alpha value is -3.41. The van der Waals surface area contributed by atoms with Crippen molar-refractivity contribution in [3.63, 3.8) is 0 Å². The number of hydrogen-bond donors (Lipinski definition) is 0. The Morgan fingerprint density at radius 2 is 1.73 bits per heavy atom. The third kappa shape index (κ3) is 3.09. The highest BCUT2D eigenvalue weighted by Gasteiger charge is 2.63. The van der Waals surface area contributed by atoms with Crippen molar-refractivity contribution in [3.05, 3.63) is 83.4 Å². The lowest BCUT2D eigenvalue weighted by Gasteiger charge is -2.36. The highest BCUT2D eigenvalue weighted by Crippen LogP contribution is 2.50. The van der Waals surface area contributed by atoms with Gasteiger partial charge in [-0.05, 0) is 19.1 Å². The number of rotatable bonds is 4. The number of cyclic esters (lactones) is 1. The first-order chi connectivity index (χ1) is 14.5. The average molecular weight is 405 g/mol. The second-order valence-corrected chi connectivity index (χ2v) is 7.51. The van der Waals surface area contributed by atoms with E-state index in [1.807, 2.05) is 43.3 Å². The molecule has 3 atom stereocenters. The van der Waals surface area contributed by atoms with Gasteiger partial charge in [0, 0.05) is 29.0 Å². The minimum absolute atomic E-state index is 0.0632. The molecule has 1 saturated heterocycles. The molecule has 1 aliphatic heterocycles. The minimum atomic E-state index is -1.30. The molecule has 30 heavy (non-hydrogen) atoms. The Bertz CT molecular complexity index is 1000. The second-order valence-electron chi connectivity index (χ2n) is 7.51. The smallest absolute Gasteiger partial charge is 0.335 e. The lowest BCUT2D eigenvalue weighted by molar-refractivity contribution is -0.146. The van der Waals surface area contributed by atoms with Crippen LogP contribution >= 0.6 is 0 Å². The molecule has 2 aliphatic rings. The van der Waals surface area contributed by atoms with Gasteiger partial charge in [-0.2, -0.15) is 0 Å². The van der Waals surface area contributed by atoms with E-state index in [1.165, 1.54) is 4.90 Å². The predicted molar refractivity (Wildman–Crippen MR) is 109 cm³/mol. The molecule has 1 aliphatic carbocycles. The van der Waals surface area contributed by atoms with E-state index in [4.69, 9.17) is 9.47 Å². The molecule has 0 N–H and O–H groups in total. The summed E-state index contributed by atoms with van der Waals surface area (Å²) in [6.45, 7) is 3.79. The molecule has 0 radical (unpaired) electrons. The zero-order valence-electron chi connectivity index (χ0n) is 16.9. The highest BCUT2D eigenvalue weighted by molar-refractivity contribution is 6.02. The second kappa shape index (κ2) is 7.78. The third-order valence-electron chi connectivity index (χ3n) is 5.76. The summed E-state index contributed by atoms with van der Waals surface area (Å²) in [4.78, 5) is 40.8. The van der Waals surface area contributed by atoms with Crippen LogP contribution in [0.3, 0.4) is 0 Å². The summed E-state index contributed by atoms with van der Waals surface area (Å²) in [6.07, 6.45) is 0.912. The van der Waals surface area contributed by atoms with Crippen molar-refractivity contribution in [1.82, 2.24) is 4.90 Å². The van der Waals surface area contributed by atoms with Crippen LogP contribution in [0.2, 0.25) is 0 Å². The normalized spacial score (nSPS) is 25.2. The first-order valence-electron chi connectivity index (χ1n) is 10.0. The maximum atomic E-state index is 13.6. The standard InChI is InChI=1S/C24H23NO5/c1-3-29-22(27)19-14-16(2)24(15-19)23(28)30-21(18-12-8-5-9-13-18)25(24)20(26)17-10-6-4-7-11-17/h4-14,16,21H,3,15H2,1-2H3/t16-,21+,24-/m0/s1. The fraction of sp³-hybridized carbons (Fsp3) is 0.292. The van der Waals surface area contributed by atoms with E-state index in [0.717, 1.165) is 0 Å². The molecular weight excluding hydrogens is 382 g/mol. The van der Waals surface area contributed by atoms with Crippen molar-refractivity contribution >= 4 is 17.8 Å². The van der Waals surface area contributed by atoms with Gasteiger partial charge in [0.05, 0.1) is 6.61 Å². The summed E-state index contributed by atoms with van der Waals surface area (Å²) in [6, 6.07) is 18.0. The summed E-state index contributed by atoms with van der Waals surface area (Å²) in [5, 5.41) is 0. The van der Waals surface area contributed by atoms with Gasteiger partial charge in [0.25, 0.3) is 5.91 Å². The molecule has 0 aromatic heterocycles. The third-order valence-corrected chi connectivity index (χ3v) is 5.76. The molecule has 0 unspecified atom stereocenters. The van der Waals surface area contributed by atoms with E-state index in [-0.39, 0.29) is 18.9 Å². The number of carbonyl (C=O) groups is 3. The van der Waals surface area contributed by atoms with Crippen LogP contribution in [0.5, 0.6) is 0 Å². The van der Waals surface area contributed by atoms with Crippen molar-refractivity contribution in [2.45, 2.75) is 32.0 Å². The van der Waals surface area contributed by atoms with Crippen molar-refractivity contribution < 1.29 is 23.9 Å². The van der Waals surface area contributed by atoms with Crippen LogP contribution in [0.25, 0.3) is 0 Å². The number of nitrogens with zero attached hydrogens (tertiary/aromatic N) is 1. The van der Waals surface area contributed by atoms with E-state index in [2.05, 4.69) is 0 Å². The zero-order valence-corrected chi connectivity index (χ0v) is 16.9.